The van der Waals surface area contributed by atoms with Crippen LogP contribution >= 0.6 is 11.8 Å². The molecule has 0 radical (unpaired) electrons. The van der Waals surface area contributed by atoms with Gasteiger partial charge >= 0.3 is 0 Å². The third kappa shape index (κ3) is 3.39. The van der Waals surface area contributed by atoms with Crippen LogP contribution in [0.1, 0.15) is 55.7 Å². The van der Waals surface area contributed by atoms with Crippen LogP contribution in [0, 0.1) is 0 Å². The van der Waals surface area contributed by atoms with E-state index in [1.807, 2.05) is 0 Å². The minimum absolute atomic E-state index is 0.375. The van der Waals surface area contributed by atoms with E-state index in [0.29, 0.717) is 12.0 Å². The van der Waals surface area contributed by atoms with Crippen molar-refractivity contribution in [2.75, 3.05) is 12.8 Å². The molecule has 0 N–H and O–H groups in total. The Balaban J connectivity index is 1.71. The molecule has 4 heteroatoms. The molecule has 1 aromatic heterocycles. The molecule has 1 saturated heterocycles. The van der Waals surface area contributed by atoms with Gasteiger partial charge in [0.2, 0.25) is 0 Å². The molecule has 0 spiro atoms. The van der Waals surface area contributed by atoms with Crippen LogP contribution in [0.25, 0.3) is 0 Å². The Bertz CT molecular complexity index is 606. The average Bonchev–Trinajstić information content (AvgIpc) is 3.16. The summed E-state index contributed by atoms with van der Waals surface area (Å²) in [5.41, 5.74) is 2.43. The highest BCUT2D eigenvalue weighted by atomic mass is 32.2. The fraction of sp³-hybridized carbons (Fsp3) is 0.500. The van der Waals surface area contributed by atoms with Crippen LogP contribution in [0.5, 0.6) is 0 Å². The van der Waals surface area contributed by atoms with E-state index in [0.717, 1.165) is 31.0 Å². The van der Waals surface area contributed by atoms with Crippen LogP contribution in [0.4, 0.5) is 0 Å². The maximum absolute atomic E-state index is 5.62. The predicted molar refractivity (Wildman–Crippen MR) is 91.2 cm³/mol. The molecule has 2 heterocycles. The van der Waals surface area contributed by atoms with Gasteiger partial charge in [0, 0.05) is 17.5 Å². The number of benzene rings is 1. The second-order valence-electron chi connectivity index (χ2n) is 6.29. The molecule has 1 unspecified atom stereocenters. The van der Waals surface area contributed by atoms with Gasteiger partial charge in [0.15, 0.2) is 5.76 Å². The van der Waals surface area contributed by atoms with Gasteiger partial charge < -0.3 is 4.52 Å². The molecule has 22 heavy (non-hydrogen) atoms. The summed E-state index contributed by atoms with van der Waals surface area (Å²) in [6, 6.07) is 11.4. The van der Waals surface area contributed by atoms with Gasteiger partial charge in [-0.05, 0) is 49.3 Å². The lowest BCUT2D eigenvalue weighted by molar-refractivity contribution is 0.206. The van der Waals surface area contributed by atoms with Crippen molar-refractivity contribution in [1.29, 1.82) is 0 Å². The maximum Gasteiger partial charge on any atom is 0.154 e. The van der Waals surface area contributed by atoms with Gasteiger partial charge in [-0.15, -0.1) is 11.8 Å². The Kier molecular flexibility index (Phi) is 4.89. The summed E-state index contributed by atoms with van der Waals surface area (Å²) in [5, 5.41) is 4.22. The van der Waals surface area contributed by atoms with Crippen molar-refractivity contribution in [2.45, 2.75) is 50.1 Å². The highest BCUT2D eigenvalue weighted by Gasteiger charge is 2.29. The molecule has 1 fully saturated rings. The lowest BCUT2D eigenvalue weighted by atomic mass is 10.1. The van der Waals surface area contributed by atoms with Gasteiger partial charge in [0.05, 0.1) is 11.7 Å². The van der Waals surface area contributed by atoms with Crippen LogP contribution in [-0.2, 0) is 6.54 Å². The number of likely N-dealkylation sites (tertiary alicyclic amines) is 1. The van der Waals surface area contributed by atoms with Crippen molar-refractivity contribution in [3.05, 3.63) is 47.3 Å². The van der Waals surface area contributed by atoms with Gasteiger partial charge in [0.1, 0.15) is 0 Å². The summed E-state index contributed by atoms with van der Waals surface area (Å²) in [5.74, 6) is 1.45. The quantitative estimate of drug-likeness (QED) is 0.737. The number of thioether (sulfide) groups is 1. The van der Waals surface area contributed by atoms with Crippen LogP contribution < -0.4 is 0 Å². The first-order valence-corrected chi connectivity index (χ1v) is 9.23. The minimum atomic E-state index is 0.375. The second kappa shape index (κ2) is 6.88. The first kappa shape index (κ1) is 15.6. The second-order valence-corrected chi connectivity index (χ2v) is 7.17. The maximum atomic E-state index is 5.62. The Hall–Kier alpha value is -1.26. The van der Waals surface area contributed by atoms with Crippen LogP contribution in [0.3, 0.4) is 0 Å². The molecule has 0 bridgehead atoms. The molecular weight excluding hydrogens is 292 g/mol. The third-order valence-corrected chi connectivity index (χ3v) is 5.12. The fourth-order valence-electron chi connectivity index (χ4n) is 3.04. The lowest BCUT2D eigenvalue weighted by Gasteiger charge is -2.22. The Morgan fingerprint density at radius 3 is 2.73 bits per heavy atom. The zero-order valence-electron chi connectivity index (χ0n) is 13.6. The Morgan fingerprint density at radius 2 is 2.09 bits per heavy atom. The molecule has 1 aliphatic rings. The molecule has 2 aromatic rings. The first-order chi connectivity index (χ1) is 10.7. The minimum Gasteiger partial charge on any atom is -0.359 e. The summed E-state index contributed by atoms with van der Waals surface area (Å²) >= 11 is 1.79. The van der Waals surface area contributed by atoms with Gasteiger partial charge in [-0.3, -0.25) is 4.90 Å². The van der Waals surface area contributed by atoms with E-state index >= 15 is 0 Å². The van der Waals surface area contributed by atoms with Crippen molar-refractivity contribution in [2.24, 2.45) is 0 Å². The van der Waals surface area contributed by atoms with E-state index in [1.54, 1.807) is 11.8 Å². The largest absolute Gasteiger partial charge is 0.359 e. The number of aromatic nitrogens is 1. The Morgan fingerprint density at radius 1 is 1.32 bits per heavy atom. The summed E-state index contributed by atoms with van der Waals surface area (Å²) in [4.78, 5) is 3.83. The predicted octanol–water partition coefficient (Wildman–Crippen LogP) is 4.86. The molecule has 1 aliphatic heterocycles. The zero-order valence-corrected chi connectivity index (χ0v) is 14.4. The highest BCUT2D eigenvalue weighted by molar-refractivity contribution is 7.98. The molecule has 0 aliphatic carbocycles. The van der Waals surface area contributed by atoms with E-state index in [2.05, 4.69) is 60.5 Å². The molecule has 0 amide bonds. The van der Waals surface area contributed by atoms with Crippen molar-refractivity contribution in [3.63, 3.8) is 0 Å². The van der Waals surface area contributed by atoms with Gasteiger partial charge in [-0.25, -0.2) is 0 Å². The highest BCUT2D eigenvalue weighted by Crippen LogP contribution is 2.34. The summed E-state index contributed by atoms with van der Waals surface area (Å²) in [7, 11) is 0. The van der Waals surface area contributed by atoms with Crippen LogP contribution in [-0.4, -0.2) is 22.9 Å². The number of hydrogen-bond acceptors (Lipinski definition) is 4. The van der Waals surface area contributed by atoms with Crippen LogP contribution in [0.15, 0.2) is 39.8 Å². The molecule has 0 saturated carbocycles. The van der Waals surface area contributed by atoms with E-state index in [9.17, 15) is 0 Å². The normalized spacial score (nSPS) is 19.2. The SMILES string of the molecule is CSc1ccc(CN2CCCC2c2cc(C(C)C)no2)cc1. The summed E-state index contributed by atoms with van der Waals surface area (Å²) < 4.78 is 5.62. The van der Waals surface area contributed by atoms with E-state index in [-0.39, 0.29) is 0 Å². The average molecular weight is 316 g/mol. The molecule has 3 rings (SSSR count). The van der Waals surface area contributed by atoms with Crippen molar-refractivity contribution in [3.8, 4) is 0 Å². The molecular formula is C18H24N2OS. The number of nitrogens with zero attached hydrogens (tertiary/aromatic N) is 2. The monoisotopic (exact) mass is 316 g/mol. The van der Waals surface area contributed by atoms with E-state index < -0.39 is 0 Å². The number of rotatable bonds is 5. The topological polar surface area (TPSA) is 29.3 Å². The zero-order chi connectivity index (χ0) is 15.5. The van der Waals surface area contributed by atoms with Gasteiger partial charge in [-0.1, -0.05) is 31.1 Å². The van der Waals surface area contributed by atoms with Crippen molar-refractivity contribution in [1.82, 2.24) is 10.1 Å². The molecule has 3 nitrogen and oxygen atoms in total. The Labute approximate surface area is 137 Å². The number of hydrogen-bond donors (Lipinski definition) is 0. The van der Waals surface area contributed by atoms with Crippen molar-refractivity contribution >= 4 is 11.8 Å². The first-order valence-electron chi connectivity index (χ1n) is 8.01. The fourth-order valence-corrected chi connectivity index (χ4v) is 3.44. The van der Waals surface area contributed by atoms with Gasteiger partial charge in [0.25, 0.3) is 0 Å². The molecule has 1 aromatic carbocycles. The van der Waals surface area contributed by atoms with Crippen LogP contribution in [0.2, 0.25) is 0 Å². The van der Waals surface area contributed by atoms with E-state index in [1.165, 1.54) is 16.9 Å². The summed E-state index contributed by atoms with van der Waals surface area (Å²) in [6.07, 6.45) is 4.50. The molecule has 118 valence electrons. The third-order valence-electron chi connectivity index (χ3n) is 4.37. The van der Waals surface area contributed by atoms with E-state index in [4.69, 9.17) is 4.52 Å². The summed E-state index contributed by atoms with van der Waals surface area (Å²) in [6.45, 7) is 6.42. The molecule has 1 atom stereocenters. The standard InChI is InChI=1S/C18H24N2OS/c1-13(2)16-11-18(21-19-16)17-5-4-10-20(17)12-14-6-8-15(22-3)9-7-14/h6-9,11,13,17H,4-5,10,12H2,1-3H3. The van der Waals surface area contributed by atoms with Gasteiger partial charge in [-0.2, -0.15) is 0 Å². The smallest absolute Gasteiger partial charge is 0.154 e. The lowest BCUT2D eigenvalue weighted by Crippen LogP contribution is -2.22. The van der Waals surface area contributed by atoms with Crippen molar-refractivity contribution < 1.29 is 4.52 Å².